The quantitative estimate of drug-likeness (QED) is 0.119. The standard InChI is InChI=1S/C39H49BrN2O3/c1-7-26-19-29(30(20-26)23-41-36(43)38(3,4)25-39(5,40)37(44)45-6)18-17-27-21-28(8-2)31(22-27)24-42-34-15-11-9-13-32(34)33-14-10-12-16-35(33)42/h7-18,26-31H,1-2,19-25H2,3-6H3,(H,41,43). The highest BCUT2D eigenvalue weighted by atomic mass is 79.9. The molecule has 2 aromatic carbocycles. The minimum absolute atomic E-state index is 0.0422. The molecule has 2 fully saturated rings. The minimum atomic E-state index is -0.918. The number of esters is 1. The van der Waals surface area contributed by atoms with Crippen LogP contribution < -0.4 is 5.32 Å². The molecule has 1 heterocycles. The molecule has 2 aliphatic carbocycles. The lowest BCUT2D eigenvalue weighted by Gasteiger charge is -2.31. The number of carbonyl (C=O) groups excluding carboxylic acids is 2. The molecular formula is C39H49BrN2O3. The van der Waals surface area contributed by atoms with Crippen LogP contribution in [0.3, 0.4) is 0 Å². The van der Waals surface area contributed by atoms with Crippen LogP contribution in [0.25, 0.3) is 21.8 Å². The van der Waals surface area contributed by atoms with Crippen LogP contribution in [0.1, 0.15) is 52.9 Å². The molecule has 2 aliphatic rings. The van der Waals surface area contributed by atoms with Crippen molar-refractivity contribution in [3.63, 3.8) is 0 Å². The Labute approximate surface area is 277 Å². The predicted octanol–water partition coefficient (Wildman–Crippen LogP) is 8.87. The number of hydrogen-bond acceptors (Lipinski definition) is 3. The van der Waals surface area contributed by atoms with E-state index in [1.54, 1.807) is 6.92 Å². The highest BCUT2D eigenvalue weighted by Crippen LogP contribution is 2.43. The SMILES string of the molecule is C=CC1CC(C=CC2CC(C=C)C(Cn3c4ccccc4c4ccccc43)C2)C(CNC(=O)C(C)(C)CC(C)(Br)C(=O)OC)C1. The van der Waals surface area contributed by atoms with Gasteiger partial charge in [-0.1, -0.05) is 90.5 Å². The lowest BCUT2D eigenvalue weighted by molar-refractivity contribution is -0.144. The molecule has 0 saturated heterocycles. The monoisotopic (exact) mass is 672 g/mol. The Hall–Kier alpha value is -3.12. The number of allylic oxidation sites excluding steroid dienone is 4. The zero-order valence-corrected chi connectivity index (χ0v) is 28.9. The molecule has 6 heteroatoms. The maximum Gasteiger partial charge on any atom is 0.322 e. The zero-order valence-electron chi connectivity index (χ0n) is 27.3. The maximum atomic E-state index is 13.3. The molecule has 0 bridgehead atoms. The third kappa shape index (κ3) is 7.16. The van der Waals surface area contributed by atoms with E-state index in [0.29, 0.717) is 48.5 Å². The number of hydrogen-bond donors (Lipinski definition) is 1. The number of alkyl halides is 1. The van der Waals surface area contributed by atoms with Crippen LogP contribution in [0.5, 0.6) is 0 Å². The largest absolute Gasteiger partial charge is 0.468 e. The molecule has 240 valence electrons. The van der Waals surface area contributed by atoms with Gasteiger partial charge in [-0.05, 0) is 86.7 Å². The number of halogens is 1. The number of aromatic nitrogens is 1. The fourth-order valence-electron chi connectivity index (χ4n) is 8.12. The van der Waals surface area contributed by atoms with Crippen molar-refractivity contribution >= 4 is 49.6 Å². The Bertz CT molecular complexity index is 1530. The number of fused-ring (bicyclic) bond motifs is 3. The van der Waals surface area contributed by atoms with E-state index in [1.165, 1.54) is 28.9 Å². The molecule has 0 aliphatic heterocycles. The fraction of sp³-hybridized carbons (Fsp3) is 0.487. The van der Waals surface area contributed by atoms with E-state index >= 15 is 0 Å². The van der Waals surface area contributed by atoms with Crippen LogP contribution in [0.4, 0.5) is 0 Å². The van der Waals surface area contributed by atoms with E-state index in [-0.39, 0.29) is 11.9 Å². The average Bonchev–Trinajstić information content (AvgIpc) is 3.71. The van der Waals surface area contributed by atoms with Gasteiger partial charge >= 0.3 is 5.97 Å². The van der Waals surface area contributed by atoms with Crippen molar-refractivity contribution in [2.45, 2.75) is 63.7 Å². The second-order valence-corrected chi connectivity index (χ2v) is 16.0. The Kier molecular flexibility index (Phi) is 10.1. The second-order valence-electron chi connectivity index (χ2n) is 14.3. The van der Waals surface area contributed by atoms with Crippen LogP contribution in [-0.4, -0.2) is 34.4 Å². The van der Waals surface area contributed by atoms with E-state index in [2.05, 4.69) is 112 Å². The molecule has 1 amide bonds. The van der Waals surface area contributed by atoms with E-state index in [0.717, 1.165) is 32.2 Å². The van der Waals surface area contributed by atoms with Gasteiger partial charge in [0.1, 0.15) is 4.32 Å². The normalized spacial score (nSPS) is 26.7. The van der Waals surface area contributed by atoms with Gasteiger partial charge in [0.15, 0.2) is 0 Å². The molecule has 2 saturated carbocycles. The van der Waals surface area contributed by atoms with Crippen LogP contribution in [-0.2, 0) is 20.9 Å². The highest BCUT2D eigenvalue weighted by Gasteiger charge is 2.42. The molecule has 5 nitrogen and oxygen atoms in total. The summed E-state index contributed by atoms with van der Waals surface area (Å²) in [5, 5.41) is 5.87. The van der Waals surface area contributed by atoms with Crippen molar-refractivity contribution in [1.29, 1.82) is 0 Å². The molecule has 1 N–H and O–H groups in total. The van der Waals surface area contributed by atoms with E-state index < -0.39 is 9.74 Å². The summed E-state index contributed by atoms with van der Waals surface area (Å²) >= 11 is 3.48. The van der Waals surface area contributed by atoms with Crippen molar-refractivity contribution in [1.82, 2.24) is 9.88 Å². The van der Waals surface area contributed by atoms with Crippen molar-refractivity contribution in [2.75, 3.05) is 13.7 Å². The number of methoxy groups -OCH3 is 1. The number of amides is 1. The third-order valence-corrected chi connectivity index (χ3v) is 11.1. The summed E-state index contributed by atoms with van der Waals surface area (Å²) < 4.78 is 6.53. The summed E-state index contributed by atoms with van der Waals surface area (Å²) in [5.74, 6) is 2.30. The summed E-state index contributed by atoms with van der Waals surface area (Å²) in [4.78, 5) is 25.5. The Morgan fingerprint density at radius 2 is 1.49 bits per heavy atom. The number of benzene rings is 2. The first-order valence-electron chi connectivity index (χ1n) is 16.4. The lowest BCUT2D eigenvalue weighted by atomic mass is 9.82. The number of rotatable bonds is 12. The van der Waals surface area contributed by atoms with E-state index in [4.69, 9.17) is 4.74 Å². The number of carbonyl (C=O) groups is 2. The lowest BCUT2D eigenvalue weighted by Crippen LogP contribution is -2.44. The molecule has 7 atom stereocenters. The van der Waals surface area contributed by atoms with Crippen molar-refractivity contribution in [3.8, 4) is 0 Å². The van der Waals surface area contributed by atoms with Gasteiger partial charge in [-0.25, -0.2) is 0 Å². The maximum absolute atomic E-state index is 13.3. The van der Waals surface area contributed by atoms with Crippen LogP contribution in [0.2, 0.25) is 0 Å². The summed E-state index contributed by atoms with van der Waals surface area (Å²) in [6, 6.07) is 17.5. The Morgan fingerprint density at radius 3 is 2.09 bits per heavy atom. The van der Waals surface area contributed by atoms with Gasteiger partial charge in [0.25, 0.3) is 0 Å². The smallest absolute Gasteiger partial charge is 0.322 e. The first-order chi connectivity index (χ1) is 21.5. The zero-order chi connectivity index (χ0) is 32.4. The summed E-state index contributed by atoms with van der Waals surface area (Å²) in [6.07, 6.45) is 13.8. The van der Waals surface area contributed by atoms with Gasteiger partial charge in [0, 0.05) is 40.3 Å². The number of para-hydroxylation sites is 2. The summed E-state index contributed by atoms with van der Waals surface area (Å²) in [6.45, 7) is 15.5. The molecule has 3 aromatic rings. The van der Waals surface area contributed by atoms with Crippen molar-refractivity contribution < 1.29 is 14.3 Å². The average molecular weight is 674 g/mol. The first-order valence-corrected chi connectivity index (χ1v) is 17.2. The van der Waals surface area contributed by atoms with E-state index in [9.17, 15) is 9.59 Å². The van der Waals surface area contributed by atoms with Gasteiger partial charge in [0.2, 0.25) is 5.91 Å². The van der Waals surface area contributed by atoms with Gasteiger partial charge in [-0.3, -0.25) is 9.59 Å². The number of ether oxygens (including phenoxy) is 1. The topological polar surface area (TPSA) is 60.3 Å². The number of nitrogens with zero attached hydrogens (tertiary/aromatic N) is 1. The van der Waals surface area contributed by atoms with Gasteiger partial charge in [0.05, 0.1) is 7.11 Å². The van der Waals surface area contributed by atoms with Crippen LogP contribution in [0.15, 0.2) is 86.0 Å². The van der Waals surface area contributed by atoms with Crippen molar-refractivity contribution in [2.24, 2.45) is 40.9 Å². The molecular weight excluding hydrogens is 624 g/mol. The van der Waals surface area contributed by atoms with Crippen LogP contribution in [0, 0.1) is 40.9 Å². The predicted molar refractivity (Wildman–Crippen MR) is 189 cm³/mol. The second kappa shape index (κ2) is 13.7. The fourth-order valence-corrected chi connectivity index (χ4v) is 8.98. The molecule has 45 heavy (non-hydrogen) atoms. The van der Waals surface area contributed by atoms with Gasteiger partial charge in [-0.2, -0.15) is 0 Å². The van der Waals surface area contributed by atoms with Crippen LogP contribution >= 0.6 is 15.9 Å². The van der Waals surface area contributed by atoms with Gasteiger partial charge < -0.3 is 14.6 Å². The molecule has 1 aromatic heterocycles. The number of nitrogens with one attached hydrogen (secondary N) is 1. The molecule has 0 radical (unpaired) electrons. The summed E-state index contributed by atoms with van der Waals surface area (Å²) in [7, 11) is 1.37. The Balaban J connectivity index is 1.24. The van der Waals surface area contributed by atoms with Gasteiger partial charge in [-0.15, -0.1) is 13.2 Å². The van der Waals surface area contributed by atoms with E-state index in [1.807, 2.05) is 13.8 Å². The Morgan fingerprint density at radius 1 is 0.889 bits per heavy atom. The first kappa shape index (κ1) is 33.2. The summed E-state index contributed by atoms with van der Waals surface area (Å²) in [5.41, 5.74) is 1.88. The third-order valence-electron chi connectivity index (χ3n) is 10.5. The van der Waals surface area contributed by atoms with Crippen molar-refractivity contribution in [3.05, 3.63) is 86.0 Å². The minimum Gasteiger partial charge on any atom is -0.468 e. The highest BCUT2D eigenvalue weighted by molar-refractivity contribution is 9.10. The molecule has 5 rings (SSSR count). The molecule has 7 unspecified atom stereocenters. The molecule has 0 spiro atoms.